The second-order valence-corrected chi connectivity index (χ2v) is 8.92. The molecule has 2 N–H and O–H groups in total. The van der Waals surface area contributed by atoms with Crippen molar-refractivity contribution in [2.45, 2.75) is 43.7 Å². The molecular formula is C14H25N3O2S2. The molecule has 1 aromatic rings. The van der Waals surface area contributed by atoms with Crippen molar-refractivity contribution in [3.05, 3.63) is 15.8 Å². The monoisotopic (exact) mass is 331 g/mol. The highest BCUT2D eigenvalue weighted by molar-refractivity contribution is 7.89. The van der Waals surface area contributed by atoms with E-state index in [0.717, 1.165) is 29.3 Å². The summed E-state index contributed by atoms with van der Waals surface area (Å²) in [7, 11) is 0.589. The molecule has 21 heavy (non-hydrogen) atoms. The van der Waals surface area contributed by atoms with Crippen LogP contribution in [0.25, 0.3) is 0 Å². The Balaban J connectivity index is 1.91. The van der Waals surface area contributed by atoms with E-state index in [1.165, 1.54) is 12.8 Å². The minimum atomic E-state index is -3.38. The average Bonchev–Trinajstić information content (AvgIpc) is 3.14. The van der Waals surface area contributed by atoms with E-state index < -0.39 is 10.0 Å². The van der Waals surface area contributed by atoms with Crippen LogP contribution in [-0.4, -0.2) is 46.5 Å². The summed E-state index contributed by atoms with van der Waals surface area (Å²) in [4.78, 5) is 4.44. The molecule has 1 aliphatic rings. The molecule has 0 atom stereocenters. The van der Waals surface area contributed by atoms with Gasteiger partial charge in [-0.2, -0.15) is 0 Å². The van der Waals surface area contributed by atoms with Crippen LogP contribution in [0.1, 0.15) is 29.0 Å². The van der Waals surface area contributed by atoms with Crippen LogP contribution in [0.2, 0.25) is 0 Å². The highest BCUT2D eigenvalue weighted by Crippen LogP contribution is 2.27. The predicted octanol–water partition coefficient (Wildman–Crippen LogP) is 1.54. The second-order valence-electron chi connectivity index (χ2n) is 5.84. The lowest BCUT2D eigenvalue weighted by Gasteiger charge is -2.10. The van der Waals surface area contributed by atoms with Crippen molar-refractivity contribution in [3.63, 3.8) is 0 Å². The molecule has 5 nitrogen and oxygen atoms in total. The average molecular weight is 332 g/mol. The molecule has 1 aromatic heterocycles. The van der Waals surface area contributed by atoms with Crippen molar-refractivity contribution in [2.24, 2.45) is 0 Å². The van der Waals surface area contributed by atoms with E-state index in [4.69, 9.17) is 0 Å². The summed E-state index contributed by atoms with van der Waals surface area (Å²) in [5, 5.41) is 3.42. The molecule has 0 spiro atoms. The SMILES string of the molecule is Cc1sc(CNC2CC2)cc1S(=O)(=O)NCCCN(C)C. The zero-order valence-corrected chi connectivity index (χ0v) is 14.6. The third-order valence-corrected chi connectivity index (χ3v) is 6.20. The molecule has 0 amide bonds. The van der Waals surface area contributed by atoms with Crippen LogP contribution in [0.4, 0.5) is 0 Å². The van der Waals surface area contributed by atoms with Crippen LogP contribution < -0.4 is 10.0 Å². The molecule has 0 bridgehead atoms. The fourth-order valence-electron chi connectivity index (χ4n) is 2.09. The second kappa shape index (κ2) is 7.19. The highest BCUT2D eigenvalue weighted by atomic mass is 32.2. The molecule has 1 fully saturated rings. The molecule has 2 rings (SSSR count). The zero-order valence-electron chi connectivity index (χ0n) is 13.0. The fraction of sp³-hybridized carbons (Fsp3) is 0.714. The van der Waals surface area contributed by atoms with Gasteiger partial charge in [-0.3, -0.25) is 0 Å². The third kappa shape index (κ3) is 5.34. The van der Waals surface area contributed by atoms with Gasteiger partial charge in [0, 0.05) is 28.9 Å². The summed E-state index contributed by atoms with van der Waals surface area (Å²) >= 11 is 1.57. The van der Waals surface area contributed by atoms with E-state index in [-0.39, 0.29) is 0 Å². The van der Waals surface area contributed by atoms with Crippen molar-refractivity contribution in [1.82, 2.24) is 14.9 Å². The Labute approximate surface area is 131 Å². The quantitative estimate of drug-likeness (QED) is 0.674. The third-order valence-electron chi connectivity index (χ3n) is 3.43. The minimum absolute atomic E-state index is 0.435. The first kappa shape index (κ1) is 16.9. The molecule has 1 saturated carbocycles. The summed E-state index contributed by atoms with van der Waals surface area (Å²) in [6.07, 6.45) is 3.29. The van der Waals surface area contributed by atoms with E-state index in [1.807, 2.05) is 32.0 Å². The first-order valence-electron chi connectivity index (χ1n) is 7.35. The van der Waals surface area contributed by atoms with Crippen LogP contribution >= 0.6 is 11.3 Å². The van der Waals surface area contributed by atoms with Gasteiger partial charge in [0.2, 0.25) is 10.0 Å². The Hall–Kier alpha value is -0.470. The van der Waals surface area contributed by atoms with Gasteiger partial charge in [-0.05, 0) is 52.9 Å². The Bertz CT molecular complexity index is 563. The molecule has 0 aromatic carbocycles. The maximum atomic E-state index is 12.3. The maximum absolute atomic E-state index is 12.3. The predicted molar refractivity (Wildman–Crippen MR) is 87.3 cm³/mol. The van der Waals surface area contributed by atoms with Crippen LogP contribution in [0, 0.1) is 6.92 Å². The van der Waals surface area contributed by atoms with Crippen LogP contribution in [0.3, 0.4) is 0 Å². The molecule has 120 valence electrons. The maximum Gasteiger partial charge on any atom is 0.241 e. The summed E-state index contributed by atoms with van der Waals surface area (Å²) in [5.74, 6) is 0. The Morgan fingerprint density at radius 2 is 2.10 bits per heavy atom. The zero-order chi connectivity index (χ0) is 15.5. The number of hydrogen-bond acceptors (Lipinski definition) is 5. The van der Waals surface area contributed by atoms with Crippen molar-refractivity contribution < 1.29 is 8.42 Å². The number of hydrogen-bond donors (Lipinski definition) is 2. The van der Waals surface area contributed by atoms with Crippen LogP contribution in [-0.2, 0) is 16.6 Å². The van der Waals surface area contributed by atoms with Gasteiger partial charge in [0.15, 0.2) is 0 Å². The van der Waals surface area contributed by atoms with Gasteiger partial charge in [-0.1, -0.05) is 0 Å². The first-order valence-corrected chi connectivity index (χ1v) is 9.65. The Morgan fingerprint density at radius 3 is 2.71 bits per heavy atom. The van der Waals surface area contributed by atoms with Gasteiger partial charge in [0.05, 0.1) is 4.90 Å². The van der Waals surface area contributed by atoms with E-state index in [1.54, 1.807) is 11.3 Å². The summed E-state index contributed by atoms with van der Waals surface area (Å²) < 4.78 is 27.3. The normalized spacial score (nSPS) is 15.8. The van der Waals surface area contributed by atoms with Gasteiger partial charge < -0.3 is 10.2 Å². The van der Waals surface area contributed by atoms with Gasteiger partial charge in [0.25, 0.3) is 0 Å². The number of rotatable bonds is 9. The smallest absolute Gasteiger partial charge is 0.241 e. The number of aryl methyl sites for hydroxylation is 1. The van der Waals surface area contributed by atoms with E-state index in [2.05, 4.69) is 10.0 Å². The lowest BCUT2D eigenvalue weighted by Crippen LogP contribution is -2.27. The standard InChI is InChI=1S/C14H25N3O2S2/c1-11-14(9-13(20-11)10-15-12-5-6-12)21(18,19)16-7-4-8-17(2)3/h9,12,15-16H,4-8,10H2,1-3H3. The number of sulfonamides is 1. The lowest BCUT2D eigenvalue weighted by molar-refractivity contribution is 0.400. The molecule has 1 aliphatic carbocycles. The van der Waals surface area contributed by atoms with E-state index >= 15 is 0 Å². The molecule has 1 heterocycles. The first-order chi connectivity index (χ1) is 9.88. The van der Waals surface area contributed by atoms with Crippen molar-refractivity contribution in [1.29, 1.82) is 0 Å². The van der Waals surface area contributed by atoms with Crippen LogP contribution in [0.5, 0.6) is 0 Å². The summed E-state index contributed by atoms with van der Waals surface area (Å²) in [6.45, 7) is 4.00. The van der Waals surface area contributed by atoms with Gasteiger partial charge in [-0.25, -0.2) is 13.1 Å². The topological polar surface area (TPSA) is 61.4 Å². The molecule has 0 unspecified atom stereocenters. The Morgan fingerprint density at radius 1 is 1.38 bits per heavy atom. The van der Waals surface area contributed by atoms with E-state index in [9.17, 15) is 8.42 Å². The molecule has 0 radical (unpaired) electrons. The van der Waals surface area contributed by atoms with Crippen molar-refractivity contribution >= 4 is 21.4 Å². The molecular weight excluding hydrogens is 306 g/mol. The fourth-order valence-corrected chi connectivity index (χ4v) is 4.75. The van der Waals surface area contributed by atoms with Gasteiger partial charge in [0.1, 0.15) is 0 Å². The minimum Gasteiger partial charge on any atom is -0.309 e. The Kier molecular flexibility index (Phi) is 5.79. The van der Waals surface area contributed by atoms with Crippen LogP contribution in [0.15, 0.2) is 11.0 Å². The number of thiophene rings is 1. The summed E-state index contributed by atoms with van der Waals surface area (Å²) in [5.41, 5.74) is 0. The van der Waals surface area contributed by atoms with Crippen molar-refractivity contribution in [3.8, 4) is 0 Å². The lowest BCUT2D eigenvalue weighted by atomic mass is 10.4. The van der Waals surface area contributed by atoms with Gasteiger partial charge in [-0.15, -0.1) is 11.3 Å². The highest BCUT2D eigenvalue weighted by Gasteiger charge is 2.22. The van der Waals surface area contributed by atoms with E-state index in [0.29, 0.717) is 17.5 Å². The number of nitrogens with one attached hydrogen (secondary N) is 2. The molecule has 0 saturated heterocycles. The van der Waals surface area contributed by atoms with Crippen molar-refractivity contribution in [2.75, 3.05) is 27.2 Å². The molecule has 7 heteroatoms. The van der Waals surface area contributed by atoms with Gasteiger partial charge >= 0.3 is 0 Å². The largest absolute Gasteiger partial charge is 0.309 e. The molecule has 0 aliphatic heterocycles. The summed E-state index contributed by atoms with van der Waals surface area (Å²) in [6, 6.07) is 2.44. The number of nitrogens with zero attached hydrogens (tertiary/aromatic N) is 1.